The first-order valence-electron chi connectivity index (χ1n) is 6.50. The van der Waals surface area contributed by atoms with Gasteiger partial charge >= 0.3 is 0 Å². The van der Waals surface area contributed by atoms with Gasteiger partial charge in [0, 0.05) is 12.1 Å². The topological polar surface area (TPSA) is 21.3 Å². The molecule has 0 saturated carbocycles. The van der Waals surface area contributed by atoms with E-state index in [4.69, 9.17) is 4.74 Å². The highest BCUT2D eigenvalue weighted by molar-refractivity contribution is 5.56. The number of ether oxygens (including phenoxy) is 1. The quantitative estimate of drug-likeness (QED) is 0.876. The van der Waals surface area contributed by atoms with Crippen molar-refractivity contribution in [2.75, 3.05) is 5.32 Å². The molecule has 20 heavy (non-hydrogen) atoms. The van der Waals surface area contributed by atoms with Crippen LogP contribution in [-0.4, -0.2) is 6.10 Å². The molecule has 0 aliphatic heterocycles. The molecule has 4 heteroatoms. The first-order valence-corrected chi connectivity index (χ1v) is 6.50. The Balaban J connectivity index is 2.13. The van der Waals surface area contributed by atoms with Gasteiger partial charge in [-0.15, -0.1) is 0 Å². The lowest BCUT2D eigenvalue weighted by molar-refractivity contribution is 0.243. The lowest BCUT2D eigenvalue weighted by Crippen LogP contribution is -2.09. The SMILES string of the molecule is CC(C)Oc1ccccc1NCc1cccc(F)c1F. The molecule has 0 amide bonds. The molecule has 2 aromatic rings. The summed E-state index contributed by atoms with van der Waals surface area (Å²) in [7, 11) is 0. The van der Waals surface area contributed by atoms with Crippen LogP contribution in [0.4, 0.5) is 14.5 Å². The van der Waals surface area contributed by atoms with Crippen molar-refractivity contribution in [3.63, 3.8) is 0 Å². The minimum Gasteiger partial charge on any atom is -0.489 e. The third-order valence-electron chi connectivity index (χ3n) is 2.75. The fourth-order valence-corrected chi connectivity index (χ4v) is 1.84. The standard InChI is InChI=1S/C16H17F2NO/c1-11(2)20-15-9-4-3-8-14(15)19-10-12-6-5-7-13(17)16(12)18/h3-9,11,19H,10H2,1-2H3. The molecule has 0 aliphatic carbocycles. The van der Waals surface area contributed by atoms with Gasteiger partial charge in [-0.05, 0) is 32.0 Å². The second kappa shape index (κ2) is 6.37. The lowest BCUT2D eigenvalue weighted by atomic mass is 10.2. The van der Waals surface area contributed by atoms with E-state index in [1.807, 2.05) is 38.1 Å². The molecule has 0 spiro atoms. The van der Waals surface area contributed by atoms with E-state index in [-0.39, 0.29) is 18.2 Å². The van der Waals surface area contributed by atoms with E-state index in [0.29, 0.717) is 5.75 Å². The summed E-state index contributed by atoms with van der Waals surface area (Å²) in [5.41, 5.74) is 1.04. The van der Waals surface area contributed by atoms with Crippen LogP contribution < -0.4 is 10.1 Å². The van der Waals surface area contributed by atoms with Crippen molar-refractivity contribution < 1.29 is 13.5 Å². The maximum Gasteiger partial charge on any atom is 0.163 e. The summed E-state index contributed by atoms with van der Waals surface area (Å²) in [6.45, 7) is 4.06. The summed E-state index contributed by atoms with van der Waals surface area (Å²) >= 11 is 0. The smallest absolute Gasteiger partial charge is 0.163 e. The highest BCUT2D eigenvalue weighted by atomic mass is 19.2. The van der Waals surface area contributed by atoms with E-state index in [0.717, 1.165) is 11.8 Å². The number of para-hydroxylation sites is 2. The number of rotatable bonds is 5. The van der Waals surface area contributed by atoms with E-state index < -0.39 is 11.6 Å². The number of hydrogen-bond donors (Lipinski definition) is 1. The van der Waals surface area contributed by atoms with E-state index in [9.17, 15) is 8.78 Å². The molecule has 2 rings (SSSR count). The van der Waals surface area contributed by atoms with Crippen LogP contribution in [0.3, 0.4) is 0 Å². The van der Waals surface area contributed by atoms with Gasteiger partial charge < -0.3 is 10.1 Å². The zero-order valence-corrected chi connectivity index (χ0v) is 11.5. The van der Waals surface area contributed by atoms with Gasteiger partial charge in [0.1, 0.15) is 5.75 Å². The first-order chi connectivity index (χ1) is 9.58. The summed E-state index contributed by atoms with van der Waals surface area (Å²) in [5.74, 6) is -0.961. The third kappa shape index (κ3) is 3.47. The van der Waals surface area contributed by atoms with Crippen LogP contribution in [0.25, 0.3) is 0 Å². The van der Waals surface area contributed by atoms with Gasteiger partial charge in [-0.3, -0.25) is 0 Å². The Morgan fingerprint density at radius 2 is 1.80 bits per heavy atom. The van der Waals surface area contributed by atoms with E-state index in [1.54, 1.807) is 6.07 Å². The largest absolute Gasteiger partial charge is 0.489 e. The van der Waals surface area contributed by atoms with Crippen molar-refractivity contribution in [3.8, 4) is 5.75 Å². The minimum absolute atomic E-state index is 0.0452. The Morgan fingerprint density at radius 3 is 2.55 bits per heavy atom. The number of anilines is 1. The monoisotopic (exact) mass is 277 g/mol. The van der Waals surface area contributed by atoms with Gasteiger partial charge in [-0.1, -0.05) is 24.3 Å². The molecule has 1 N–H and O–H groups in total. The molecule has 0 aromatic heterocycles. The van der Waals surface area contributed by atoms with Crippen molar-refractivity contribution in [1.82, 2.24) is 0 Å². The van der Waals surface area contributed by atoms with E-state index in [2.05, 4.69) is 5.32 Å². The van der Waals surface area contributed by atoms with Gasteiger partial charge in [0.15, 0.2) is 11.6 Å². The molecule has 0 unspecified atom stereocenters. The summed E-state index contributed by atoms with van der Waals surface area (Å²) in [6.07, 6.45) is 0.0452. The Labute approximate surface area is 117 Å². The molecule has 2 aromatic carbocycles. The van der Waals surface area contributed by atoms with Crippen LogP contribution in [-0.2, 0) is 6.54 Å². The first kappa shape index (κ1) is 14.3. The maximum atomic E-state index is 13.6. The number of nitrogens with one attached hydrogen (secondary N) is 1. The fraction of sp³-hybridized carbons (Fsp3) is 0.250. The van der Waals surface area contributed by atoms with Gasteiger partial charge in [0.25, 0.3) is 0 Å². The Hall–Kier alpha value is -2.10. The average molecular weight is 277 g/mol. The van der Waals surface area contributed by atoms with E-state index >= 15 is 0 Å². The van der Waals surface area contributed by atoms with Gasteiger partial charge in [0.05, 0.1) is 11.8 Å². The summed E-state index contributed by atoms with van der Waals surface area (Å²) in [5, 5.41) is 3.07. The van der Waals surface area contributed by atoms with Crippen LogP contribution in [0.15, 0.2) is 42.5 Å². The molecule has 0 radical (unpaired) electrons. The van der Waals surface area contributed by atoms with Crippen LogP contribution >= 0.6 is 0 Å². The Morgan fingerprint density at radius 1 is 1.05 bits per heavy atom. The van der Waals surface area contributed by atoms with Gasteiger partial charge in [-0.2, -0.15) is 0 Å². The molecular weight excluding hydrogens is 260 g/mol. The van der Waals surface area contributed by atoms with Crippen molar-refractivity contribution in [3.05, 3.63) is 59.7 Å². The summed E-state index contributed by atoms with van der Waals surface area (Å²) < 4.78 is 32.4. The molecule has 106 valence electrons. The molecule has 0 heterocycles. The zero-order chi connectivity index (χ0) is 14.5. The van der Waals surface area contributed by atoms with Crippen molar-refractivity contribution in [2.24, 2.45) is 0 Å². The molecule has 0 bridgehead atoms. The van der Waals surface area contributed by atoms with Gasteiger partial charge in [-0.25, -0.2) is 8.78 Å². The summed E-state index contributed by atoms with van der Waals surface area (Å²) in [6, 6.07) is 11.6. The van der Waals surface area contributed by atoms with Gasteiger partial charge in [0.2, 0.25) is 0 Å². The summed E-state index contributed by atoms with van der Waals surface area (Å²) in [4.78, 5) is 0. The fourth-order valence-electron chi connectivity index (χ4n) is 1.84. The third-order valence-corrected chi connectivity index (χ3v) is 2.75. The minimum atomic E-state index is -0.837. The molecule has 0 atom stereocenters. The van der Waals surface area contributed by atoms with Crippen LogP contribution in [0.1, 0.15) is 19.4 Å². The van der Waals surface area contributed by atoms with Crippen LogP contribution in [0.5, 0.6) is 5.75 Å². The highest BCUT2D eigenvalue weighted by Gasteiger charge is 2.09. The highest BCUT2D eigenvalue weighted by Crippen LogP contribution is 2.25. The number of hydrogen-bond acceptors (Lipinski definition) is 2. The van der Waals surface area contributed by atoms with E-state index in [1.165, 1.54) is 6.07 Å². The predicted molar refractivity (Wildman–Crippen MR) is 75.9 cm³/mol. The van der Waals surface area contributed by atoms with Crippen LogP contribution in [0, 0.1) is 11.6 Å². The molecule has 0 aliphatic rings. The molecule has 0 saturated heterocycles. The Bertz CT molecular complexity index is 584. The van der Waals surface area contributed by atoms with Crippen molar-refractivity contribution >= 4 is 5.69 Å². The van der Waals surface area contributed by atoms with Crippen LogP contribution in [0.2, 0.25) is 0 Å². The maximum absolute atomic E-state index is 13.6. The second-order valence-electron chi connectivity index (χ2n) is 4.73. The predicted octanol–water partition coefficient (Wildman–Crippen LogP) is 4.36. The van der Waals surface area contributed by atoms with Crippen molar-refractivity contribution in [2.45, 2.75) is 26.5 Å². The molecular formula is C16H17F2NO. The Kier molecular flexibility index (Phi) is 4.56. The number of benzene rings is 2. The average Bonchev–Trinajstić information content (AvgIpc) is 2.41. The number of halogens is 2. The normalized spacial score (nSPS) is 10.7. The molecule has 2 nitrogen and oxygen atoms in total. The zero-order valence-electron chi connectivity index (χ0n) is 11.5. The lowest BCUT2D eigenvalue weighted by Gasteiger charge is -2.15. The van der Waals surface area contributed by atoms with Crippen molar-refractivity contribution in [1.29, 1.82) is 0 Å². The second-order valence-corrected chi connectivity index (χ2v) is 4.73. The molecule has 0 fully saturated rings.